The van der Waals surface area contributed by atoms with Gasteiger partial charge < -0.3 is 14.5 Å². The third-order valence-corrected chi connectivity index (χ3v) is 4.31. The Balaban J connectivity index is 1.99. The Morgan fingerprint density at radius 2 is 1.93 bits per heavy atom. The Hall–Kier alpha value is -3.27. The second-order valence-corrected chi connectivity index (χ2v) is 6.50. The van der Waals surface area contributed by atoms with Crippen LogP contribution in [0.25, 0.3) is 17.0 Å². The first-order chi connectivity index (χ1) is 13.4. The molecule has 0 aliphatic rings. The van der Waals surface area contributed by atoms with E-state index in [4.69, 9.17) is 32.4 Å². The number of nitriles is 1. The number of halogens is 2. The Labute approximate surface area is 169 Å². The molecule has 0 saturated heterocycles. The summed E-state index contributed by atoms with van der Waals surface area (Å²) in [6.45, 7) is 0. The number of benzene rings is 2. The number of nitrogens with one attached hydrogen (secondary N) is 1. The molecule has 3 rings (SSSR count). The first-order valence-corrected chi connectivity index (χ1v) is 8.66. The molecule has 1 heterocycles. The lowest BCUT2D eigenvalue weighted by Gasteiger charge is -2.10. The maximum Gasteiger partial charge on any atom is 0.266 e. The maximum absolute atomic E-state index is 12.6. The third kappa shape index (κ3) is 4.01. The fourth-order valence-corrected chi connectivity index (χ4v) is 2.83. The van der Waals surface area contributed by atoms with Crippen LogP contribution in [0.3, 0.4) is 0 Å². The SMILES string of the molecule is COc1ccc(Cl)cc1NC(=O)C(C#N)=Cc1coc2ccc(Cl)cc2c1=O. The highest BCUT2D eigenvalue weighted by atomic mass is 35.5. The van der Waals surface area contributed by atoms with E-state index in [2.05, 4.69) is 5.32 Å². The van der Waals surface area contributed by atoms with E-state index in [9.17, 15) is 14.9 Å². The second-order valence-electron chi connectivity index (χ2n) is 5.63. The summed E-state index contributed by atoms with van der Waals surface area (Å²) < 4.78 is 10.6. The van der Waals surface area contributed by atoms with E-state index < -0.39 is 11.3 Å². The number of ether oxygens (including phenoxy) is 1. The molecule has 1 N–H and O–H groups in total. The normalized spacial score (nSPS) is 11.1. The van der Waals surface area contributed by atoms with Crippen molar-refractivity contribution >= 4 is 51.8 Å². The van der Waals surface area contributed by atoms with Crippen LogP contribution in [0.15, 0.2) is 57.4 Å². The number of amides is 1. The number of fused-ring (bicyclic) bond motifs is 1. The van der Waals surface area contributed by atoms with Crippen LogP contribution in [0, 0.1) is 11.3 Å². The summed E-state index contributed by atoms with van der Waals surface area (Å²) >= 11 is 11.9. The lowest BCUT2D eigenvalue weighted by Crippen LogP contribution is -2.15. The van der Waals surface area contributed by atoms with Gasteiger partial charge in [0.2, 0.25) is 0 Å². The van der Waals surface area contributed by atoms with Crippen molar-refractivity contribution in [1.29, 1.82) is 5.26 Å². The minimum atomic E-state index is -0.728. The highest BCUT2D eigenvalue weighted by Crippen LogP contribution is 2.28. The minimum absolute atomic E-state index is 0.0412. The molecule has 0 bridgehead atoms. The number of methoxy groups -OCH3 is 1. The molecule has 0 aliphatic carbocycles. The van der Waals surface area contributed by atoms with Gasteiger partial charge in [0, 0.05) is 10.0 Å². The van der Waals surface area contributed by atoms with E-state index in [1.165, 1.54) is 25.5 Å². The van der Waals surface area contributed by atoms with Gasteiger partial charge in [-0.1, -0.05) is 23.2 Å². The fraction of sp³-hybridized carbons (Fsp3) is 0.0500. The van der Waals surface area contributed by atoms with Crippen LogP contribution < -0.4 is 15.5 Å². The van der Waals surface area contributed by atoms with Gasteiger partial charge in [-0.3, -0.25) is 9.59 Å². The Morgan fingerprint density at radius 1 is 1.21 bits per heavy atom. The van der Waals surface area contributed by atoms with Crippen LogP contribution in [-0.2, 0) is 4.79 Å². The first-order valence-electron chi connectivity index (χ1n) is 7.90. The summed E-state index contributed by atoms with van der Waals surface area (Å²) in [6, 6.07) is 11.1. The molecule has 0 radical (unpaired) electrons. The summed E-state index contributed by atoms with van der Waals surface area (Å²) in [5, 5.41) is 12.9. The van der Waals surface area contributed by atoms with Crippen LogP contribution in [0.1, 0.15) is 5.56 Å². The number of nitrogens with zero attached hydrogens (tertiary/aromatic N) is 1. The Bertz CT molecular complexity index is 1210. The molecule has 1 amide bonds. The number of anilines is 1. The van der Waals surface area contributed by atoms with Gasteiger partial charge in [-0.25, -0.2) is 0 Å². The fourth-order valence-electron chi connectivity index (χ4n) is 2.49. The van der Waals surface area contributed by atoms with Crippen molar-refractivity contribution in [3.63, 3.8) is 0 Å². The van der Waals surface area contributed by atoms with E-state index in [1.807, 2.05) is 0 Å². The Morgan fingerprint density at radius 3 is 2.64 bits per heavy atom. The average molecular weight is 415 g/mol. The van der Waals surface area contributed by atoms with Gasteiger partial charge in [0.1, 0.15) is 29.2 Å². The summed E-state index contributed by atoms with van der Waals surface area (Å²) in [6.07, 6.45) is 2.34. The molecule has 0 atom stereocenters. The molecule has 6 nitrogen and oxygen atoms in total. The van der Waals surface area contributed by atoms with Crippen LogP contribution in [-0.4, -0.2) is 13.0 Å². The lowest BCUT2D eigenvalue weighted by atomic mass is 10.1. The second kappa shape index (κ2) is 8.17. The molecule has 0 spiro atoms. The quantitative estimate of drug-likeness (QED) is 0.495. The standard InChI is InChI=1S/C20H12Cl2N2O4/c1-27-18-5-3-14(22)8-16(18)24-20(26)11(9-23)6-12-10-28-17-4-2-13(21)7-15(17)19(12)25/h2-8,10H,1H3,(H,24,26). The summed E-state index contributed by atoms with van der Waals surface area (Å²) in [7, 11) is 1.44. The topological polar surface area (TPSA) is 92.3 Å². The number of rotatable bonds is 4. The maximum atomic E-state index is 12.6. The minimum Gasteiger partial charge on any atom is -0.495 e. The lowest BCUT2D eigenvalue weighted by molar-refractivity contribution is -0.112. The van der Waals surface area contributed by atoms with Gasteiger partial charge in [0.25, 0.3) is 5.91 Å². The van der Waals surface area contributed by atoms with Crippen molar-refractivity contribution in [2.24, 2.45) is 0 Å². The molecule has 2 aromatic carbocycles. The van der Waals surface area contributed by atoms with E-state index >= 15 is 0 Å². The van der Waals surface area contributed by atoms with Crippen LogP contribution in [0.5, 0.6) is 5.75 Å². The van der Waals surface area contributed by atoms with Gasteiger partial charge >= 0.3 is 0 Å². The van der Waals surface area contributed by atoms with Gasteiger partial charge in [-0.2, -0.15) is 5.26 Å². The number of carbonyl (C=O) groups excluding carboxylic acids is 1. The van der Waals surface area contributed by atoms with Crippen molar-refractivity contribution in [2.75, 3.05) is 12.4 Å². The zero-order chi connectivity index (χ0) is 20.3. The van der Waals surface area contributed by atoms with Gasteiger partial charge in [0.15, 0.2) is 5.43 Å². The smallest absolute Gasteiger partial charge is 0.266 e. The molecular weight excluding hydrogens is 403 g/mol. The van der Waals surface area contributed by atoms with E-state index in [1.54, 1.807) is 30.3 Å². The van der Waals surface area contributed by atoms with Gasteiger partial charge in [-0.05, 0) is 42.5 Å². The van der Waals surface area contributed by atoms with Crippen LogP contribution in [0.2, 0.25) is 10.0 Å². The van der Waals surface area contributed by atoms with Crippen molar-refractivity contribution in [2.45, 2.75) is 0 Å². The molecule has 140 valence electrons. The number of carbonyl (C=O) groups is 1. The van der Waals surface area contributed by atoms with Crippen molar-refractivity contribution in [3.8, 4) is 11.8 Å². The highest BCUT2D eigenvalue weighted by molar-refractivity contribution is 6.31. The van der Waals surface area contributed by atoms with E-state index in [0.29, 0.717) is 27.1 Å². The van der Waals surface area contributed by atoms with Gasteiger partial charge in [0.05, 0.1) is 23.7 Å². The van der Waals surface area contributed by atoms with E-state index in [0.717, 1.165) is 6.08 Å². The van der Waals surface area contributed by atoms with Gasteiger partial charge in [-0.15, -0.1) is 0 Å². The predicted octanol–water partition coefficient (Wildman–Crippen LogP) is 4.65. The zero-order valence-electron chi connectivity index (χ0n) is 14.5. The molecule has 8 heteroatoms. The van der Waals surface area contributed by atoms with Crippen LogP contribution in [0.4, 0.5) is 5.69 Å². The van der Waals surface area contributed by atoms with Crippen molar-refractivity contribution in [3.05, 3.63) is 74.1 Å². The zero-order valence-corrected chi connectivity index (χ0v) is 16.0. The number of hydrogen-bond acceptors (Lipinski definition) is 5. The summed E-state index contributed by atoms with van der Waals surface area (Å²) in [4.78, 5) is 25.1. The molecule has 1 aromatic heterocycles. The molecule has 28 heavy (non-hydrogen) atoms. The largest absolute Gasteiger partial charge is 0.495 e. The van der Waals surface area contributed by atoms with E-state index in [-0.39, 0.29) is 16.5 Å². The molecule has 0 fully saturated rings. The molecule has 0 saturated carbocycles. The molecule has 0 unspecified atom stereocenters. The summed E-state index contributed by atoms with van der Waals surface area (Å²) in [5.41, 5.74) is -0.0310. The monoisotopic (exact) mass is 414 g/mol. The molecule has 3 aromatic rings. The van der Waals surface area contributed by atoms with Crippen molar-refractivity contribution in [1.82, 2.24) is 0 Å². The summed E-state index contributed by atoms with van der Waals surface area (Å²) in [5.74, 6) is -0.358. The highest BCUT2D eigenvalue weighted by Gasteiger charge is 2.15. The third-order valence-electron chi connectivity index (χ3n) is 3.84. The molecular formula is C20H12Cl2N2O4. The Kier molecular flexibility index (Phi) is 5.69. The first kappa shape index (κ1) is 19.5. The predicted molar refractivity (Wildman–Crippen MR) is 108 cm³/mol. The average Bonchev–Trinajstić information content (AvgIpc) is 2.68. The number of hydrogen-bond donors (Lipinski definition) is 1. The van der Waals surface area contributed by atoms with Crippen LogP contribution >= 0.6 is 23.2 Å². The van der Waals surface area contributed by atoms with Crippen molar-refractivity contribution < 1.29 is 13.9 Å². The molecule has 0 aliphatic heterocycles.